The normalized spacial score (nSPS) is 16.5. The Morgan fingerprint density at radius 2 is 2.05 bits per heavy atom. The molecule has 1 heterocycles. The number of aliphatic hydroxyl groups is 1. The standard InChI is InChI=1S/C14H16F3NO/c1-10-8-11(9-19)2-3-13(10)18-6-4-12(5-7-18)14(15,16)17/h2-4,8,19H,5-7,9H2,1H3. The second-order valence-electron chi connectivity index (χ2n) is 4.70. The Hall–Kier alpha value is -1.49. The summed E-state index contributed by atoms with van der Waals surface area (Å²) in [4.78, 5) is 1.92. The van der Waals surface area contributed by atoms with Crippen LogP contribution in [-0.4, -0.2) is 24.4 Å². The summed E-state index contributed by atoms with van der Waals surface area (Å²) in [6.45, 7) is 2.51. The van der Waals surface area contributed by atoms with Crippen LogP contribution in [0.3, 0.4) is 0 Å². The summed E-state index contributed by atoms with van der Waals surface area (Å²) < 4.78 is 37.6. The lowest BCUT2D eigenvalue weighted by Crippen LogP contribution is -2.32. The lowest BCUT2D eigenvalue weighted by Gasteiger charge is -2.30. The zero-order valence-corrected chi connectivity index (χ0v) is 10.7. The molecule has 0 amide bonds. The molecule has 0 aliphatic carbocycles. The molecule has 2 rings (SSSR count). The highest BCUT2D eigenvalue weighted by atomic mass is 19.4. The van der Waals surface area contributed by atoms with E-state index in [1.165, 1.54) is 6.08 Å². The highest BCUT2D eigenvalue weighted by Gasteiger charge is 2.34. The van der Waals surface area contributed by atoms with Gasteiger partial charge in [0.15, 0.2) is 0 Å². The van der Waals surface area contributed by atoms with Crippen LogP contribution in [0, 0.1) is 6.92 Å². The Morgan fingerprint density at radius 3 is 2.53 bits per heavy atom. The van der Waals surface area contributed by atoms with Crippen molar-refractivity contribution >= 4 is 5.69 Å². The molecule has 0 aromatic heterocycles. The molecule has 0 fully saturated rings. The maximum Gasteiger partial charge on any atom is 0.412 e. The molecule has 1 aliphatic rings. The van der Waals surface area contributed by atoms with Crippen LogP contribution in [0.15, 0.2) is 29.8 Å². The molecule has 0 atom stereocenters. The Labute approximate surface area is 110 Å². The van der Waals surface area contributed by atoms with E-state index in [9.17, 15) is 13.2 Å². The zero-order valence-electron chi connectivity index (χ0n) is 10.7. The van der Waals surface area contributed by atoms with Gasteiger partial charge in [0, 0.05) is 24.4 Å². The molecule has 0 saturated carbocycles. The lowest BCUT2D eigenvalue weighted by atomic mass is 10.0. The van der Waals surface area contributed by atoms with Crippen molar-refractivity contribution in [2.75, 3.05) is 18.0 Å². The number of hydrogen-bond donors (Lipinski definition) is 1. The van der Waals surface area contributed by atoms with Crippen molar-refractivity contribution in [2.45, 2.75) is 26.1 Å². The second-order valence-corrected chi connectivity index (χ2v) is 4.70. The van der Waals surface area contributed by atoms with Crippen LogP contribution in [0.2, 0.25) is 0 Å². The number of aliphatic hydroxyl groups excluding tert-OH is 1. The first-order valence-corrected chi connectivity index (χ1v) is 6.13. The summed E-state index contributed by atoms with van der Waals surface area (Å²) in [7, 11) is 0. The number of rotatable bonds is 2. The van der Waals surface area contributed by atoms with Crippen LogP contribution in [0.1, 0.15) is 17.5 Å². The van der Waals surface area contributed by atoms with E-state index in [4.69, 9.17) is 5.11 Å². The van der Waals surface area contributed by atoms with Crippen LogP contribution in [-0.2, 0) is 6.61 Å². The van der Waals surface area contributed by atoms with Gasteiger partial charge in [-0.2, -0.15) is 13.2 Å². The molecule has 19 heavy (non-hydrogen) atoms. The summed E-state index contributed by atoms with van der Waals surface area (Å²) in [5.74, 6) is 0. The second kappa shape index (κ2) is 5.25. The van der Waals surface area contributed by atoms with Crippen LogP contribution in [0.25, 0.3) is 0 Å². The monoisotopic (exact) mass is 271 g/mol. The first-order chi connectivity index (χ1) is 8.91. The fraction of sp³-hybridized carbons (Fsp3) is 0.429. The van der Waals surface area contributed by atoms with E-state index >= 15 is 0 Å². The molecule has 1 N–H and O–H groups in total. The van der Waals surface area contributed by atoms with Crippen molar-refractivity contribution in [3.63, 3.8) is 0 Å². The van der Waals surface area contributed by atoms with Gasteiger partial charge in [-0.3, -0.25) is 0 Å². The van der Waals surface area contributed by atoms with Gasteiger partial charge in [-0.05, 0) is 30.5 Å². The van der Waals surface area contributed by atoms with E-state index in [1.807, 2.05) is 24.0 Å². The van der Waals surface area contributed by atoms with Gasteiger partial charge in [0.1, 0.15) is 0 Å². The summed E-state index contributed by atoms with van der Waals surface area (Å²) in [5.41, 5.74) is 2.27. The molecule has 2 nitrogen and oxygen atoms in total. The highest BCUT2D eigenvalue weighted by Crippen LogP contribution is 2.32. The minimum Gasteiger partial charge on any atom is -0.392 e. The molecule has 0 saturated heterocycles. The van der Waals surface area contributed by atoms with Gasteiger partial charge in [0.2, 0.25) is 0 Å². The Balaban J connectivity index is 2.16. The first kappa shape index (κ1) is 13.9. The van der Waals surface area contributed by atoms with E-state index in [1.54, 1.807) is 6.07 Å². The van der Waals surface area contributed by atoms with Crippen LogP contribution < -0.4 is 4.90 Å². The van der Waals surface area contributed by atoms with Gasteiger partial charge in [-0.25, -0.2) is 0 Å². The minimum atomic E-state index is -4.21. The molecule has 1 aliphatic heterocycles. The molecule has 104 valence electrons. The van der Waals surface area contributed by atoms with Crippen molar-refractivity contribution in [1.82, 2.24) is 0 Å². The molecule has 0 unspecified atom stereocenters. The summed E-state index contributed by atoms with van der Waals surface area (Å²) in [5, 5.41) is 9.04. The van der Waals surface area contributed by atoms with Gasteiger partial charge in [0.25, 0.3) is 0 Å². The molecule has 1 aromatic rings. The van der Waals surface area contributed by atoms with Gasteiger partial charge in [-0.15, -0.1) is 0 Å². The van der Waals surface area contributed by atoms with Gasteiger partial charge < -0.3 is 10.0 Å². The molecule has 0 spiro atoms. The predicted molar refractivity (Wildman–Crippen MR) is 68.1 cm³/mol. The van der Waals surface area contributed by atoms with Crippen molar-refractivity contribution in [3.05, 3.63) is 41.0 Å². The zero-order chi connectivity index (χ0) is 14.0. The number of hydrogen-bond acceptors (Lipinski definition) is 2. The lowest BCUT2D eigenvalue weighted by molar-refractivity contribution is -0.0943. The van der Waals surface area contributed by atoms with Gasteiger partial charge >= 0.3 is 6.18 Å². The first-order valence-electron chi connectivity index (χ1n) is 6.13. The molecular formula is C14H16F3NO. The van der Waals surface area contributed by atoms with Crippen molar-refractivity contribution in [1.29, 1.82) is 0 Å². The third-order valence-corrected chi connectivity index (χ3v) is 3.36. The third-order valence-electron chi connectivity index (χ3n) is 3.36. The maximum absolute atomic E-state index is 12.5. The molecule has 5 heteroatoms. The molecule has 0 bridgehead atoms. The SMILES string of the molecule is Cc1cc(CO)ccc1N1CC=C(C(F)(F)F)CC1. The van der Waals surface area contributed by atoms with E-state index in [2.05, 4.69) is 0 Å². The van der Waals surface area contributed by atoms with E-state index in [0.717, 1.165) is 16.8 Å². The number of nitrogens with zero attached hydrogens (tertiary/aromatic N) is 1. The number of aryl methyl sites for hydroxylation is 1. The Bertz CT molecular complexity index is 494. The van der Waals surface area contributed by atoms with Crippen LogP contribution in [0.5, 0.6) is 0 Å². The number of benzene rings is 1. The third kappa shape index (κ3) is 3.10. The number of anilines is 1. The van der Waals surface area contributed by atoms with Crippen LogP contribution in [0.4, 0.5) is 18.9 Å². The molecular weight excluding hydrogens is 255 g/mol. The fourth-order valence-electron chi connectivity index (χ4n) is 2.32. The van der Waals surface area contributed by atoms with E-state index in [0.29, 0.717) is 6.54 Å². The Kier molecular flexibility index (Phi) is 3.85. The summed E-state index contributed by atoms with van der Waals surface area (Å²) in [6, 6.07) is 5.51. The van der Waals surface area contributed by atoms with Gasteiger partial charge in [0.05, 0.1) is 6.61 Å². The highest BCUT2D eigenvalue weighted by molar-refractivity contribution is 5.55. The van der Waals surface area contributed by atoms with E-state index < -0.39 is 11.7 Å². The maximum atomic E-state index is 12.5. The predicted octanol–water partition coefficient (Wildman–Crippen LogP) is 3.19. The molecule has 0 radical (unpaired) electrons. The topological polar surface area (TPSA) is 23.5 Å². The molecule has 1 aromatic carbocycles. The minimum absolute atomic E-state index is 0.0185. The smallest absolute Gasteiger partial charge is 0.392 e. The quantitative estimate of drug-likeness (QED) is 0.835. The van der Waals surface area contributed by atoms with Crippen LogP contribution >= 0.6 is 0 Å². The van der Waals surface area contributed by atoms with Crippen molar-refractivity contribution in [2.24, 2.45) is 0 Å². The van der Waals surface area contributed by atoms with Gasteiger partial charge in [-0.1, -0.05) is 18.2 Å². The van der Waals surface area contributed by atoms with E-state index in [-0.39, 0.29) is 19.6 Å². The number of halogens is 3. The number of alkyl halides is 3. The van der Waals surface area contributed by atoms with Crippen molar-refractivity contribution in [3.8, 4) is 0 Å². The Morgan fingerprint density at radius 1 is 1.32 bits per heavy atom. The average molecular weight is 271 g/mol. The van der Waals surface area contributed by atoms with Crippen molar-refractivity contribution < 1.29 is 18.3 Å². The average Bonchev–Trinajstić information content (AvgIpc) is 2.37. The summed E-state index contributed by atoms with van der Waals surface area (Å²) in [6.07, 6.45) is -2.94. The largest absolute Gasteiger partial charge is 0.412 e. The summed E-state index contributed by atoms with van der Waals surface area (Å²) >= 11 is 0. The fourth-order valence-corrected chi connectivity index (χ4v) is 2.32.